The minimum absolute atomic E-state index is 0.233. The molecule has 0 bridgehead atoms. The molecule has 25 heavy (non-hydrogen) atoms. The van der Waals surface area contributed by atoms with Gasteiger partial charge in [-0.2, -0.15) is 9.57 Å². The van der Waals surface area contributed by atoms with Gasteiger partial charge in [0.2, 0.25) is 15.9 Å². The van der Waals surface area contributed by atoms with Crippen molar-refractivity contribution in [2.24, 2.45) is 0 Å². The van der Waals surface area contributed by atoms with Crippen molar-refractivity contribution in [2.45, 2.75) is 13.0 Å². The second kappa shape index (κ2) is 7.05. The highest BCUT2D eigenvalue weighted by atomic mass is 32.2. The van der Waals surface area contributed by atoms with E-state index in [9.17, 15) is 8.42 Å². The Bertz CT molecular complexity index is 908. The maximum atomic E-state index is 12.3. The second-order valence-electron chi connectivity index (χ2n) is 5.81. The highest BCUT2D eigenvalue weighted by molar-refractivity contribution is 7.92. The largest absolute Gasteiger partial charge is 0.472 e. The molecule has 1 aliphatic heterocycles. The van der Waals surface area contributed by atoms with E-state index in [4.69, 9.17) is 10.00 Å². The van der Waals surface area contributed by atoms with Crippen LogP contribution in [0.3, 0.4) is 0 Å². The predicted octanol–water partition coefficient (Wildman–Crippen LogP) is 2.33. The Morgan fingerprint density at radius 3 is 2.56 bits per heavy atom. The van der Waals surface area contributed by atoms with E-state index in [-0.39, 0.29) is 19.2 Å². The first-order chi connectivity index (χ1) is 12.0. The molecule has 1 aromatic heterocycles. The number of nitriles is 1. The SMILES string of the molecule is Cc1ccc(/C=C/S(=O)(=O)N2CC(Oc3ccc(C#N)cn3)C2)cc1. The lowest BCUT2D eigenvalue weighted by atomic mass is 10.2. The fourth-order valence-electron chi connectivity index (χ4n) is 2.30. The molecule has 0 spiro atoms. The third kappa shape index (κ3) is 4.24. The molecule has 2 aromatic rings. The quantitative estimate of drug-likeness (QED) is 0.822. The summed E-state index contributed by atoms with van der Waals surface area (Å²) in [6.45, 7) is 2.54. The molecule has 1 saturated heterocycles. The van der Waals surface area contributed by atoms with Crippen molar-refractivity contribution in [3.05, 3.63) is 64.7 Å². The van der Waals surface area contributed by atoms with Gasteiger partial charge in [0.1, 0.15) is 12.2 Å². The standard InChI is InChI=1S/C18H17N3O3S/c1-14-2-4-15(5-3-14)8-9-25(22,23)21-12-17(13-21)24-18-7-6-16(10-19)11-20-18/h2-9,11,17H,12-13H2,1H3/b9-8+. The van der Waals surface area contributed by atoms with Crippen molar-refractivity contribution in [2.75, 3.05) is 13.1 Å². The van der Waals surface area contributed by atoms with Gasteiger partial charge in [-0.3, -0.25) is 0 Å². The number of sulfonamides is 1. The number of hydrogen-bond acceptors (Lipinski definition) is 5. The Morgan fingerprint density at radius 1 is 1.24 bits per heavy atom. The summed E-state index contributed by atoms with van der Waals surface area (Å²) in [6.07, 6.45) is 2.78. The zero-order valence-electron chi connectivity index (χ0n) is 13.7. The molecule has 0 radical (unpaired) electrons. The minimum Gasteiger partial charge on any atom is -0.472 e. The van der Waals surface area contributed by atoms with Gasteiger partial charge in [-0.1, -0.05) is 29.8 Å². The molecule has 0 N–H and O–H groups in total. The summed E-state index contributed by atoms with van der Waals surface area (Å²) >= 11 is 0. The Hall–Kier alpha value is -2.69. The van der Waals surface area contributed by atoms with Crippen LogP contribution in [-0.2, 0) is 10.0 Å². The maximum Gasteiger partial charge on any atom is 0.236 e. The van der Waals surface area contributed by atoms with Crippen molar-refractivity contribution in [1.82, 2.24) is 9.29 Å². The van der Waals surface area contributed by atoms with E-state index in [1.54, 1.807) is 18.2 Å². The van der Waals surface area contributed by atoms with Crippen LogP contribution in [0.2, 0.25) is 0 Å². The van der Waals surface area contributed by atoms with Crippen molar-refractivity contribution >= 4 is 16.1 Å². The summed E-state index contributed by atoms with van der Waals surface area (Å²) in [5.41, 5.74) is 2.41. The molecular formula is C18H17N3O3S. The zero-order chi connectivity index (χ0) is 17.9. The number of nitrogens with zero attached hydrogens (tertiary/aromatic N) is 3. The molecule has 1 aliphatic rings. The second-order valence-corrected chi connectivity index (χ2v) is 7.63. The number of benzene rings is 1. The fraction of sp³-hybridized carbons (Fsp3) is 0.222. The summed E-state index contributed by atoms with van der Waals surface area (Å²) in [7, 11) is -3.46. The van der Waals surface area contributed by atoms with Gasteiger partial charge in [0.05, 0.1) is 18.7 Å². The maximum absolute atomic E-state index is 12.3. The van der Waals surface area contributed by atoms with E-state index in [0.717, 1.165) is 11.1 Å². The van der Waals surface area contributed by atoms with Crippen molar-refractivity contribution < 1.29 is 13.2 Å². The zero-order valence-corrected chi connectivity index (χ0v) is 14.5. The fourth-order valence-corrected chi connectivity index (χ4v) is 3.55. The van der Waals surface area contributed by atoms with Crippen LogP contribution < -0.4 is 4.74 Å². The van der Waals surface area contributed by atoms with E-state index in [1.165, 1.54) is 15.9 Å². The lowest BCUT2D eigenvalue weighted by Crippen LogP contribution is -2.55. The van der Waals surface area contributed by atoms with Gasteiger partial charge in [0.15, 0.2) is 0 Å². The number of rotatable bonds is 5. The normalized spacial score (nSPS) is 15.7. The number of aromatic nitrogens is 1. The molecule has 0 unspecified atom stereocenters. The number of aryl methyl sites for hydroxylation is 1. The minimum atomic E-state index is -3.46. The summed E-state index contributed by atoms with van der Waals surface area (Å²) in [5.74, 6) is 0.385. The van der Waals surface area contributed by atoms with Crippen LogP contribution in [0.15, 0.2) is 48.0 Å². The average molecular weight is 355 g/mol. The third-order valence-electron chi connectivity index (χ3n) is 3.84. The van der Waals surface area contributed by atoms with Crippen molar-refractivity contribution in [3.63, 3.8) is 0 Å². The third-order valence-corrected chi connectivity index (χ3v) is 5.34. The van der Waals surface area contributed by atoms with E-state index < -0.39 is 10.0 Å². The molecule has 6 nitrogen and oxygen atoms in total. The summed E-state index contributed by atoms with van der Waals surface area (Å²) in [4.78, 5) is 4.01. The first-order valence-corrected chi connectivity index (χ1v) is 9.24. The Labute approximate surface area is 147 Å². The molecule has 0 saturated carbocycles. The van der Waals surface area contributed by atoms with Gasteiger partial charge in [0, 0.05) is 17.7 Å². The molecule has 0 aliphatic carbocycles. The molecule has 1 fully saturated rings. The lowest BCUT2D eigenvalue weighted by Gasteiger charge is -2.36. The van der Waals surface area contributed by atoms with Gasteiger partial charge in [-0.05, 0) is 24.6 Å². The van der Waals surface area contributed by atoms with E-state index in [1.807, 2.05) is 37.3 Å². The number of ether oxygens (including phenoxy) is 1. The molecule has 2 heterocycles. The first kappa shape index (κ1) is 17.1. The van der Waals surface area contributed by atoms with Crippen LogP contribution in [0, 0.1) is 18.3 Å². The Balaban J connectivity index is 1.55. The summed E-state index contributed by atoms with van der Waals surface area (Å²) in [6, 6.07) is 12.8. The monoisotopic (exact) mass is 355 g/mol. The topological polar surface area (TPSA) is 83.3 Å². The highest BCUT2D eigenvalue weighted by Crippen LogP contribution is 2.20. The lowest BCUT2D eigenvalue weighted by molar-refractivity contribution is 0.0730. The van der Waals surface area contributed by atoms with E-state index >= 15 is 0 Å². The summed E-state index contributed by atoms with van der Waals surface area (Å²) < 4.78 is 31.5. The highest BCUT2D eigenvalue weighted by Gasteiger charge is 2.36. The van der Waals surface area contributed by atoms with Gasteiger partial charge < -0.3 is 4.74 Å². The van der Waals surface area contributed by atoms with Crippen LogP contribution in [0.4, 0.5) is 0 Å². The van der Waals surface area contributed by atoms with Crippen LogP contribution in [0.25, 0.3) is 6.08 Å². The predicted molar refractivity (Wildman–Crippen MR) is 94.1 cm³/mol. The summed E-state index contributed by atoms with van der Waals surface area (Å²) in [5, 5.41) is 9.94. The van der Waals surface area contributed by atoms with Crippen molar-refractivity contribution in [3.8, 4) is 11.9 Å². The number of pyridine rings is 1. The average Bonchev–Trinajstić information content (AvgIpc) is 2.57. The van der Waals surface area contributed by atoms with Crippen LogP contribution in [0.5, 0.6) is 5.88 Å². The molecule has 3 rings (SSSR count). The van der Waals surface area contributed by atoms with Gasteiger partial charge >= 0.3 is 0 Å². The van der Waals surface area contributed by atoms with Gasteiger partial charge in [-0.15, -0.1) is 0 Å². The van der Waals surface area contributed by atoms with E-state index in [2.05, 4.69) is 4.98 Å². The molecular weight excluding hydrogens is 338 g/mol. The van der Waals surface area contributed by atoms with Crippen LogP contribution in [-0.4, -0.2) is 36.9 Å². The Kier molecular flexibility index (Phi) is 4.83. The smallest absolute Gasteiger partial charge is 0.236 e. The first-order valence-electron chi connectivity index (χ1n) is 7.74. The molecule has 0 atom stereocenters. The van der Waals surface area contributed by atoms with E-state index in [0.29, 0.717) is 11.4 Å². The molecule has 0 amide bonds. The van der Waals surface area contributed by atoms with Gasteiger partial charge in [-0.25, -0.2) is 13.4 Å². The van der Waals surface area contributed by atoms with Crippen LogP contribution in [0.1, 0.15) is 16.7 Å². The molecule has 1 aromatic carbocycles. The Morgan fingerprint density at radius 2 is 1.96 bits per heavy atom. The molecule has 128 valence electrons. The van der Waals surface area contributed by atoms with Crippen LogP contribution >= 0.6 is 0 Å². The van der Waals surface area contributed by atoms with Crippen molar-refractivity contribution in [1.29, 1.82) is 5.26 Å². The van der Waals surface area contributed by atoms with Gasteiger partial charge in [0.25, 0.3) is 0 Å². The number of hydrogen-bond donors (Lipinski definition) is 0. The molecule has 7 heteroatoms.